The van der Waals surface area contributed by atoms with E-state index in [-0.39, 0.29) is 5.78 Å². The Hall–Kier alpha value is -3.40. The van der Waals surface area contributed by atoms with E-state index in [4.69, 9.17) is 4.98 Å². The minimum absolute atomic E-state index is 0.0422. The van der Waals surface area contributed by atoms with Gasteiger partial charge in [0.2, 0.25) is 0 Å². The van der Waals surface area contributed by atoms with E-state index in [1.54, 1.807) is 14.0 Å². The second-order valence-electron chi connectivity index (χ2n) is 9.20. The van der Waals surface area contributed by atoms with Crippen LogP contribution >= 0.6 is 0 Å². The van der Waals surface area contributed by atoms with Gasteiger partial charge in [-0.15, -0.1) is 0 Å². The molecule has 0 saturated carbocycles. The van der Waals surface area contributed by atoms with Crippen LogP contribution in [0.5, 0.6) is 0 Å². The van der Waals surface area contributed by atoms with Gasteiger partial charge in [-0.3, -0.25) is 9.78 Å². The van der Waals surface area contributed by atoms with Crippen LogP contribution in [-0.2, 0) is 24.2 Å². The van der Waals surface area contributed by atoms with Crippen LogP contribution in [0.25, 0.3) is 0 Å². The largest absolute Gasteiger partial charge is 0.384 e. The maximum atomic E-state index is 11.3. The van der Waals surface area contributed by atoms with Crippen molar-refractivity contribution in [2.75, 3.05) is 7.05 Å². The third-order valence-corrected chi connectivity index (χ3v) is 6.40. The van der Waals surface area contributed by atoms with Crippen molar-refractivity contribution < 1.29 is 4.79 Å². The molecule has 0 aliphatic rings. The standard InChI is InChI=1S/C19H25N.C13H18N2O.C2H6/c1-4-17(5-2)19-8-6-7-18(20-19)14-13-16-11-9-15(3)10-12-16;1-10(13(14-3)11(2)16)15-9-12-7-5-4-6-8-12;1-2/h6-12,17H,4-5,13-14H2,1-3H3;4-8,14-15H,9H2,1-3H3;1-2H3/b;13-10-;. The Morgan fingerprint density at radius 3 is 2.00 bits per heavy atom. The molecule has 3 aromatic rings. The summed E-state index contributed by atoms with van der Waals surface area (Å²) in [4.78, 5) is 16.1. The smallest absolute Gasteiger partial charge is 0.177 e. The fourth-order valence-electron chi connectivity index (χ4n) is 4.15. The van der Waals surface area contributed by atoms with Crippen molar-refractivity contribution in [2.45, 2.75) is 86.6 Å². The molecule has 2 N–H and O–H groups in total. The van der Waals surface area contributed by atoms with E-state index in [0.29, 0.717) is 11.6 Å². The van der Waals surface area contributed by atoms with Crippen molar-refractivity contribution in [2.24, 2.45) is 0 Å². The van der Waals surface area contributed by atoms with Crippen LogP contribution in [-0.4, -0.2) is 17.8 Å². The van der Waals surface area contributed by atoms with Crippen molar-refractivity contribution in [1.82, 2.24) is 15.6 Å². The summed E-state index contributed by atoms with van der Waals surface area (Å²) in [6.45, 7) is 14.8. The fraction of sp³-hybridized carbons (Fsp3) is 0.412. The van der Waals surface area contributed by atoms with E-state index < -0.39 is 0 Å². The van der Waals surface area contributed by atoms with Crippen LogP contribution in [0.15, 0.2) is 84.2 Å². The first-order valence-electron chi connectivity index (χ1n) is 14.1. The van der Waals surface area contributed by atoms with Gasteiger partial charge >= 0.3 is 0 Å². The summed E-state index contributed by atoms with van der Waals surface area (Å²) in [5.74, 6) is 0.648. The molecule has 0 atom stereocenters. The third kappa shape index (κ3) is 11.8. The number of allylic oxidation sites excluding steroid dienone is 2. The molecule has 0 saturated heterocycles. The molecule has 0 radical (unpaired) electrons. The highest BCUT2D eigenvalue weighted by Crippen LogP contribution is 2.21. The molecule has 0 fully saturated rings. The SMILES string of the molecule is CC.CCC(CC)c1cccc(CCc2ccc(C)cc2)n1.CN/C(C(C)=O)=C(/C)NCc1ccccc1. The first-order chi connectivity index (χ1) is 18.4. The highest BCUT2D eigenvalue weighted by Gasteiger charge is 2.09. The van der Waals surface area contributed by atoms with Crippen molar-refractivity contribution >= 4 is 5.78 Å². The first kappa shape index (κ1) is 32.6. The number of aryl methyl sites for hydroxylation is 3. The third-order valence-electron chi connectivity index (χ3n) is 6.40. The number of nitrogens with zero attached hydrogens (tertiary/aromatic N) is 1. The lowest BCUT2D eigenvalue weighted by Crippen LogP contribution is -2.22. The zero-order valence-electron chi connectivity index (χ0n) is 24.9. The predicted molar refractivity (Wildman–Crippen MR) is 163 cm³/mol. The molecule has 0 bridgehead atoms. The van der Waals surface area contributed by atoms with Crippen LogP contribution in [0.4, 0.5) is 0 Å². The Kier molecular flexibility index (Phi) is 16.1. The summed E-state index contributed by atoms with van der Waals surface area (Å²) >= 11 is 0. The molecule has 2 aromatic carbocycles. The van der Waals surface area contributed by atoms with Gasteiger partial charge in [-0.2, -0.15) is 0 Å². The zero-order chi connectivity index (χ0) is 28.3. The molecule has 0 spiro atoms. The van der Waals surface area contributed by atoms with E-state index in [2.05, 4.69) is 73.9 Å². The number of carbonyl (C=O) groups excluding carboxylic acids is 1. The topological polar surface area (TPSA) is 54.0 Å². The Morgan fingerprint density at radius 2 is 1.45 bits per heavy atom. The molecule has 4 heteroatoms. The van der Waals surface area contributed by atoms with Gasteiger partial charge in [0.05, 0.1) is 5.70 Å². The van der Waals surface area contributed by atoms with Gasteiger partial charge in [-0.05, 0) is 62.8 Å². The van der Waals surface area contributed by atoms with Crippen LogP contribution in [0, 0.1) is 6.92 Å². The molecule has 4 nitrogen and oxygen atoms in total. The summed E-state index contributed by atoms with van der Waals surface area (Å²) in [5.41, 5.74) is 7.90. The molecule has 3 rings (SSSR count). The van der Waals surface area contributed by atoms with Crippen molar-refractivity contribution in [3.8, 4) is 0 Å². The Bertz CT molecular complexity index is 1080. The van der Waals surface area contributed by atoms with Gasteiger partial charge in [-0.25, -0.2) is 0 Å². The molecule has 0 aliphatic carbocycles. The van der Waals surface area contributed by atoms with Crippen molar-refractivity contribution in [3.63, 3.8) is 0 Å². The van der Waals surface area contributed by atoms with Crippen LogP contribution in [0.1, 0.15) is 88.4 Å². The summed E-state index contributed by atoms with van der Waals surface area (Å²) in [5, 5.41) is 6.13. The number of aromatic nitrogens is 1. The number of nitrogens with one attached hydrogen (secondary N) is 2. The Labute approximate surface area is 232 Å². The van der Waals surface area contributed by atoms with Gasteiger partial charge in [0.25, 0.3) is 0 Å². The molecular formula is C34H49N3O. The van der Waals surface area contributed by atoms with Gasteiger partial charge in [0, 0.05) is 43.5 Å². The number of pyridine rings is 1. The van der Waals surface area contributed by atoms with E-state index in [9.17, 15) is 4.79 Å². The highest BCUT2D eigenvalue weighted by molar-refractivity contribution is 5.93. The molecular weight excluding hydrogens is 466 g/mol. The van der Waals surface area contributed by atoms with Gasteiger partial charge < -0.3 is 10.6 Å². The number of Topliss-reactive ketones (excluding diaryl/α,β-unsaturated/α-hetero) is 1. The quantitative estimate of drug-likeness (QED) is 0.255. The van der Waals surface area contributed by atoms with Crippen LogP contribution < -0.4 is 10.6 Å². The monoisotopic (exact) mass is 515 g/mol. The number of hydrogen-bond donors (Lipinski definition) is 2. The average Bonchev–Trinajstić information content (AvgIpc) is 2.95. The molecule has 38 heavy (non-hydrogen) atoms. The minimum atomic E-state index is 0.0422. The number of likely N-dealkylation sites (N-methyl/N-ethyl adjacent to an activating group) is 1. The second-order valence-corrected chi connectivity index (χ2v) is 9.20. The first-order valence-corrected chi connectivity index (χ1v) is 14.1. The lowest BCUT2D eigenvalue weighted by atomic mass is 9.98. The Morgan fingerprint density at radius 1 is 0.816 bits per heavy atom. The highest BCUT2D eigenvalue weighted by atomic mass is 16.1. The maximum Gasteiger partial charge on any atom is 0.177 e. The Balaban J connectivity index is 0.000000365. The van der Waals surface area contributed by atoms with E-state index in [0.717, 1.165) is 25.1 Å². The predicted octanol–water partition coefficient (Wildman–Crippen LogP) is 7.92. The number of ketones is 1. The van der Waals surface area contributed by atoms with Gasteiger partial charge in [0.1, 0.15) is 0 Å². The van der Waals surface area contributed by atoms with Gasteiger partial charge in [-0.1, -0.05) is 93.9 Å². The lowest BCUT2D eigenvalue weighted by molar-refractivity contribution is -0.114. The molecule has 1 aromatic heterocycles. The van der Waals surface area contributed by atoms with E-state index in [1.165, 1.54) is 40.9 Å². The number of hydrogen-bond acceptors (Lipinski definition) is 4. The molecule has 0 amide bonds. The number of benzene rings is 2. The van der Waals surface area contributed by atoms with E-state index in [1.807, 2.05) is 51.1 Å². The summed E-state index contributed by atoms with van der Waals surface area (Å²) < 4.78 is 0. The van der Waals surface area contributed by atoms with Crippen molar-refractivity contribution in [1.29, 1.82) is 0 Å². The van der Waals surface area contributed by atoms with Crippen LogP contribution in [0.2, 0.25) is 0 Å². The van der Waals surface area contributed by atoms with E-state index >= 15 is 0 Å². The molecule has 1 heterocycles. The molecule has 206 valence electrons. The van der Waals surface area contributed by atoms with Crippen LogP contribution in [0.3, 0.4) is 0 Å². The second kappa shape index (κ2) is 18.8. The zero-order valence-corrected chi connectivity index (χ0v) is 24.9. The summed E-state index contributed by atoms with van der Waals surface area (Å²) in [7, 11) is 1.75. The molecule has 0 aliphatic heterocycles. The minimum Gasteiger partial charge on any atom is -0.384 e. The lowest BCUT2D eigenvalue weighted by Gasteiger charge is -2.12. The van der Waals surface area contributed by atoms with Crippen molar-refractivity contribution in [3.05, 3.63) is 112 Å². The normalized spacial score (nSPS) is 10.9. The summed E-state index contributed by atoms with van der Waals surface area (Å²) in [6, 6.07) is 25.4. The van der Waals surface area contributed by atoms with Gasteiger partial charge in [0.15, 0.2) is 5.78 Å². The fourth-order valence-corrected chi connectivity index (χ4v) is 4.15. The average molecular weight is 516 g/mol. The summed E-state index contributed by atoms with van der Waals surface area (Å²) in [6.07, 6.45) is 4.44. The molecule has 0 unspecified atom stereocenters. The number of carbonyl (C=O) groups is 1. The number of rotatable bonds is 11. The maximum absolute atomic E-state index is 11.3.